The van der Waals surface area contributed by atoms with Gasteiger partial charge < -0.3 is 4.57 Å². The highest BCUT2D eigenvalue weighted by Crippen LogP contribution is 2.25. The zero-order valence-corrected chi connectivity index (χ0v) is 15.3. The van der Waals surface area contributed by atoms with Crippen molar-refractivity contribution in [2.75, 3.05) is 0 Å². The van der Waals surface area contributed by atoms with E-state index in [2.05, 4.69) is 16.5 Å². The van der Waals surface area contributed by atoms with E-state index in [0.29, 0.717) is 17.9 Å². The van der Waals surface area contributed by atoms with Crippen molar-refractivity contribution in [2.24, 2.45) is 4.99 Å². The molecule has 1 amide bonds. The molecule has 24 heavy (non-hydrogen) atoms. The molecule has 124 valence electrons. The second-order valence-electron chi connectivity index (χ2n) is 5.69. The number of fused-ring (bicyclic) bond motifs is 1. The Morgan fingerprint density at radius 2 is 2.00 bits per heavy atom. The lowest BCUT2D eigenvalue weighted by Crippen LogP contribution is -2.16. The molecule has 0 aliphatic carbocycles. The molecular formula is C19H19ClN2OS. The summed E-state index contributed by atoms with van der Waals surface area (Å²) in [7, 11) is 0. The first kappa shape index (κ1) is 16.9. The maximum atomic E-state index is 12.3. The summed E-state index contributed by atoms with van der Waals surface area (Å²) in [6.07, 6.45) is 1.13. The van der Waals surface area contributed by atoms with Crippen LogP contribution in [0, 0.1) is 6.92 Å². The van der Waals surface area contributed by atoms with E-state index in [-0.39, 0.29) is 5.91 Å². The highest BCUT2D eigenvalue weighted by molar-refractivity contribution is 7.16. The maximum absolute atomic E-state index is 12.3. The van der Waals surface area contributed by atoms with Crippen molar-refractivity contribution in [1.82, 2.24) is 4.57 Å². The predicted octanol–water partition coefficient (Wildman–Crippen LogP) is 4.74. The van der Waals surface area contributed by atoms with Gasteiger partial charge in [0.1, 0.15) is 0 Å². The zero-order valence-electron chi connectivity index (χ0n) is 13.8. The summed E-state index contributed by atoms with van der Waals surface area (Å²) in [5, 5.41) is 0.714. The smallest absolute Gasteiger partial charge is 0.248 e. The Bertz CT molecular complexity index is 941. The summed E-state index contributed by atoms with van der Waals surface area (Å²) in [4.78, 5) is 17.4. The Labute approximate surface area is 150 Å². The van der Waals surface area contributed by atoms with Crippen molar-refractivity contribution in [3.8, 4) is 0 Å². The van der Waals surface area contributed by atoms with Gasteiger partial charge in [0.05, 0.1) is 10.2 Å². The van der Waals surface area contributed by atoms with E-state index in [1.54, 1.807) is 0 Å². The molecule has 0 aliphatic heterocycles. The van der Waals surface area contributed by atoms with Gasteiger partial charge in [-0.3, -0.25) is 4.79 Å². The molecule has 5 heteroatoms. The molecule has 0 fully saturated rings. The number of carbonyl (C=O) groups is 1. The first-order valence-electron chi connectivity index (χ1n) is 7.99. The van der Waals surface area contributed by atoms with Crippen LogP contribution in [-0.4, -0.2) is 10.5 Å². The van der Waals surface area contributed by atoms with Crippen LogP contribution in [0.25, 0.3) is 10.2 Å². The SMILES string of the molecule is CCn1c(=NC(=O)CCc2ccccc2)sc2cc(Cl)cc(C)c21. The summed E-state index contributed by atoms with van der Waals surface area (Å²) in [5.41, 5.74) is 3.37. The molecule has 1 aromatic heterocycles. The van der Waals surface area contributed by atoms with Gasteiger partial charge in [0.2, 0.25) is 5.91 Å². The molecule has 3 aromatic rings. The van der Waals surface area contributed by atoms with Crippen molar-refractivity contribution >= 4 is 39.1 Å². The van der Waals surface area contributed by atoms with Crippen LogP contribution in [0.3, 0.4) is 0 Å². The van der Waals surface area contributed by atoms with Gasteiger partial charge >= 0.3 is 0 Å². The van der Waals surface area contributed by atoms with Gasteiger partial charge in [-0.05, 0) is 43.5 Å². The fourth-order valence-electron chi connectivity index (χ4n) is 2.81. The van der Waals surface area contributed by atoms with Crippen LogP contribution < -0.4 is 4.80 Å². The van der Waals surface area contributed by atoms with Crippen molar-refractivity contribution in [2.45, 2.75) is 33.2 Å². The lowest BCUT2D eigenvalue weighted by molar-refractivity contribution is -0.118. The second kappa shape index (κ2) is 7.32. The first-order valence-corrected chi connectivity index (χ1v) is 9.19. The van der Waals surface area contributed by atoms with E-state index in [1.165, 1.54) is 11.3 Å². The van der Waals surface area contributed by atoms with Gasteiger partial charge in [0.25, 0.3) is 0 Å². The molecule has 0 bridgehead atoms. The number of halogens is 1. The van der Waals surface area contributed by atoms with Gasteiger partial charge in [0, 0.05) is 18.0 Å². The fraction of sp³-hybridized carbons (Fsp3) is 0.263. The molecule has 0 N–H and O–H groups in total. The Balaban J connectivity index is 1.91. The minimum absolute atomic E-state index is 0.0867. The topological polar surface area (TPSA) is 34.4 Å². The van der Waals surface area contributed by atoms with Crippen molar-refractivity contribution < 1.29 is 4.79 Å². The number of rotatable bonds is 4. The minimum atomic E-state index is -0.0867. The summed E-state index contributed by atoms with van der Waals surface area (Å²) < 4.78 is 3.16. The molecule has 3 rings (SSSR count). The van der Waals surface area contributed by atoms with E-state index in [0.717, 1.165) is 32.7 Å². The van der Waals surface area contributed by atoms with Crippen LogP contribution in [0.15, 0.2) is 47.5 Å². The monoisotopic (exact) mass is 358 g/mol. The molecule has 0 spiro atoms. The number of aryl methyl sites for hydroxylation is 3. The molecule has 2 aromatic carbocycles. The zero-order chi connectivity index (χ0) is 17.1. The number of amides is 1. The van der Waals surface area contributed by atoms with Crippen molar-refractivity contribution in [3.63, 3.8) is 0 Å². The predicted molar refractivity (Wildman–Crippen MR) is 101 cm³/mol. The molecule has 3 nitrogen and oxygen atoms in total. The van der Waals surface area contributed by atoms with E-state index in [4.69, 9.17) is 11.6 Å². The van der Waals surface area contributed by atoms with E-state index < -0.39 is 0 Å². The quantitative estimate of drug-likeness (QED) is 0.663. The summed E-state index contributed by atoms with van der Waals surface area (Å²) in [6, 6.07) is 13.9. The molecule has 0 aliphatic rings. The Hall–Kier alpha value is -1.91. The number of benzene rings is 2. The standard InChI is InChI=1S/C19H19ClN2OS/c1-3-22-18-13(2)11-15(20)12-16(18)24-19(22)21-17(23)10-9-14-7-5-4-6-8-14/h4-8,11-12H,3,9-10H2,1-2H3. The Morgan fingerprint density at radius 3 is 2.71 bits per heavy atom. The molecular weight excluding hydrogens is 340 g/mol. The van der Waals surface area contributed by atoms with Crippen molar-refractivity contribution in [3.05, 3.63) is 63.4 Å². The number of hydrogen-bond acceptors (Lipinski definition) is 2. The molecule has 0 atom stereocenters. The number of aromatic nitrogens is 1. The molecule has 0 saturated heterocycles. The normalized spacial score (nSPS) is 12.0. The number of thiazole rings is 1. The third-order valence-electron chi connectivity index (χ3n) is 3.94. The van der Waals surface area contributed by atoms with Gasteiger partial charge in [-0.15, -0.1) is 0 Å². The molecule has 0 saturated carbocycles. The van der Waals surface area contributed by atoms with Crippen LogP contribution in [0.5, 0.6) is 0 Å². The maximum Gasteiger partial charge on any atom is 0.248 e. The Morgan fingerprint density at radius 1 is 1.25 bits per heavy atom. The van der Waals surface area contributed by atoms with Crippen molar-refractivity contribution in [1.29, 1.82) is 0 Å². The van der Waals surface area contributed by atoms with E-state index in [1.807, 2.05) is 49.4 Å². The highest BCUT2D eigenvalue weighted by Gasteiger charge is 2.10. The third-order valence-corrected chi connectivity index (χ3v) is 5.18. The summed E-state index contributed by atoms with van der Waals surface area (Å²) in [6.45, 7) is 4.87. The van der Waals surface area contributed by atoms with Gasteiger partial charge in [-0.2, -0.15) is 4.99 Å². The molecule has 0 unspecified atom stereocenters. The molecule has 0 radical (unpaired) electrons. The second-order valence-corrected chi connectivity index (χ2v) is 7.14. The number of nitrogens with zero attached hydrogens (tertiary/aromatic N) is 2. The van der Waals surface area contributed by atoms with Gasteiger partial charge in [-0.1, -0.05) is 53.3 Å². The number of hydrogen-bond donors (Lipinski definition) is 0. The van der Waals surface area contributed by atoms with Gasteiger partial charge in [-0.25, -0.2) is 0 Å². The average molecular weight is 359 g/mol. The fourth-order valence-corrected chi connectivity index (χ4v) is 4.38. The largest absolute Gasteiger partial charge is 0.316 e. The van der Waals surface area contributed by atoms with Crippen LogP contribution >= 0.6 is 22.9 Å². The first-order chi connectivity index (χ1) is 11.6. The average Bonchev–Trinajstić information content (AvgIpc) is 2.91. The van der Waals surface area contributed by atoms with Crippen LogP contribution in [0.1, 0.15) is 24.5 Å². The summed E-state index contributed by atoms with van der Waals surface area (Å²) >= 11 is 7.67. The lowest BCUT2D eigenvalue weighted by atomic mass is 10.1. The van der Waals surface area contributed by atoms with Crippen LogP contribution in [-0.2, 0) is 17.8 Å². The van der Waals surface area contributed by atoms with E-state index in [9.17, 15) is 4.79 Å². The highest BCUT2D eigenvalue weighted by atomic mass is 35.5. The number of carbonyl (C=O) groups excluding carboxylic acids is 1. The minimum Gasteiger partial charge on any atom is -0.316 e. The Kier molecular flexibility index (Phi) is 5.17. The van der Waals surface area contributed by atoms with E-state index >= 15 is 0 Å². The summed E-state index contributed by atoms with van der Waals surface area (Å²) in [5.74, 6) is -0.0867. The van der Waals surface area contributed by atoms with Crippen LogP contribution in [0.4, 0.5) is 0 Å². The molecule has 1 heterocycles. The lowest BCUT2D eigenvalue weighted by Gasteiger charge is -2.04. The van der Waals surface area contributed by atoms with Gasteiger partial charge in [0.15, 0.2) is 4.80 Å². The van der Waals surface area contributed by atoms with Crippen LogP contribution in [0.2, 0.25) is 5.02 Å². The third kappa shape index (κ3) is 3.60.